The number of amides is 1. The van der Waals surface area contributed by atoms with Crippen LogP contribution in [0.4, 0.5) is 5.69 Å². The second kappa shape index (κ2) is 12.4. The summed E-state index contributed by atoms with van der Waals surface area (Å²) >= 11 is 8.56. The van der Waals surface area contributed by atoms with Crippen molar-refractivity contribution >= 4 is 52.4 Å². The highest BCUT2D eigenvalue weighted by Gasteiger charge is 2.34. The van der Waals surface area contributed by atoms with E-state index in [4.69, 9.17) is 11.6 Å². The van der Waals surface area contributed by atoms with Gasteiger partial charge in [0.25, 0.3) is 17.2 Å². The topological polar surface area (TPSA) is 124 Å². The molecule has 5 rings (SSSR count). The Labute approximate surface area is 253 Å². The Kier molecular flexibility index (Phi) is 8.66. The maximum Gasteiger partial charge on any atom is 0.271 e. The zero-order valence-corrected chi connectivity index (χ0v) is 25.2. The molecule has 0 saturated carbocycles. The molecule has 214 valence electrons. The Balaban J connectivity index is 1.71. The Hall–Kier alpha value is -4.13. The Morgan fingerprint density at radius 1 is 1.17 bits per heavy atom. The van der Waals surface area contributed by atoms with Gasteiger partial charge in [0.1, 0.15) is 0 Å². The lowest BCUT2D eigenvalue weighted by atomic mass is 9.94. The molecule has 2 aromatic carbocycles. The maximum absolute atomic E-state index is 14.1. The average molecular weight is 621 g/mol. The molecular formula is C29H25ClN6O4S2. The number of nitro benzene ring substituents is 1. The molecule has 1 amide bonds. The van der Waals surface area contributed by atoms with E-state index in [2.05, 4.69) is 15.0 Å². The molecule has 2 aromatic heterocycles. The van der Waals surface area contributed by atoms with Gasteiger partial charge in [-0.2, -0.15) is 0 Å². The van der Waals surface area contributed by atoms with Gasteiger partial charge < -0.3 is 4.90 Å². The van der Waals surface area contributed by atoms with E-state index < -0.39 is 11.0 Å². The minimum absolute atomic E-state index is 0.116. The number of rotatable bonds is 8. The fraction of sp³-hybridized carbons (Fsp3) is 0.207. The van der Waals surface area contributed by atoms with E-state index in [-0.39, 0.29) is 17.2 Å². The van der Waals surface area contributed by atoms with E-state index >= 15 is 0 Å². The Morgan fingerprint density at radius 2 is 1.86 bits per heavy atom. The first-order valence-corrected chi connectivity index (χ1v) is 15.0. The van der Waals surface area contributed by atoms with E-state index in [9.17, 15) is 19.7 Å². The molecule has 0 saturated heterocycles. The van der Waals surface area contributed by atoms with Crippen LogP contribution in [0.15, 0.2) is 92.0 Å². The van der Waals surface area contributed by atoms with Crippen molar-refractivity contribution < 1.29 is 9.72 Å². The fourth-order valence-corrected chi connectivity index (χ4v) is 6.63. The number of thiazole rings is 1. The first-order chi connectivity index (χ1) is 20.2. The molecule has 1 atom stereocenters. The average Bonchev–Trinajstić information content (AvgIpc) is 3.28. The third-order valence-corrected chi connectivity index (χ3v) is 8.94. The summed E-state index contributed by atoms with van der Waals surface area (Å²) in [5, 5.41) is 12.6. The number of aromatic nitrogens is 3. The van der Waals surface area contributed by atoms with Crippen LogP contribution in [0.2, 0.25) is 5.02 Å². The van der Waals surface area contributed by atoms with Crippen LogP contribution in [-0.4, -0.2) is 43.4 Å². The summed E-state index contributed by atoms with van der Waals surface area (Å²) < 4.78 is 1.84. The number of hydrogen-bond acceptors (Lipinski definition) is 9. The molecule has 0 unspecified atom stereocenters. The smallest absolute Gasteiger partial charge is 0.271 e. The number of allylic oxidation sites excluding steroid dienone is 1. The quantitative estimate of drug-likeness (QED) is 0.160. The Bertz CT molecular complexity index is 1880. The SMILES string of the molecule is CCN(CC)C(=O)C1=C(C)N=c2s/c(=C\c3cc([N+](=O)[O-])ccc3Sc3ncccn3)c(=O)n2[C@@H]1c1ccc(Cl)cc1. The summed E-state index contributed by atoms with van der Waals surface area (Å²) in [4.78, 5) is 54.9. The number of nitro groups is 1. The van der Waals surface area contributed by atoms with Crippen LogP contribution in [0.25, 0.3) is 6.08 Å². The molecule has 0 radical (unpaired) electrons. The number of benzene rings is 2. The van der Waals surface area contributed by atoms with Gasteiger partial charge in [-0.05, 0) is 74.0 Å². The highest BCUT2D eigenvalue weighted by Crippen LogP contribution is 2.33. The molecule has 13 heteroatoms. The van der Waals surface area contributed by atoms with Gasteiger partial charge in [-0.3, -0.25) is 24.3 Å². The van der Waals surface area contributed by atoms with E-state index in [0.29, 0.717) is 59.9 Å². The molecule has 4 aromatic rings. The molecule has 42 heavy (non-hydrogen) atoms. The van der Waals surface area contributed by atoms with Gasteiger partial charge in [0.2, 0.25) is 0 Å². The summed E-state index contributed by atoms with van der Waals surface area (Å²) in [7, 11) is 0. The first-order valence-electron chi connectivity index (χ1n) is 13.0. The number of fused-ring (bicyclic) bond motifs is 1. The maximum atomic E-state index is 14.1. The fourth-order valence-electron chi connectivity index (χ4n) is 4.67. The zero-order chi connectivity index (χ0) is 30.0. The number of likely N-dealkylation sites (N-methyl/N-ethyl adjacent to an activating group) is 1. The van der Waals surface area contributed by atoms with Gasteiger partial charge in [-0.25, -0.2) is 15.0 Å². The molecular weight excluding hydrogens is 596 g/mol. The lowest BCUT2D eigenvalue weighted by molar-refractivity contribution is -0.384. The molecule has 0 fully saturated rings. The van der Waals surface area contributed by atoms with Gasteiger partial charge in [-0.15, -0.1) is 0 Å². The van der Waals surface area contributed by atoms with Gasteiger partial charge in [0, 0.05) is 47.5 Å². The first kappa shape index (κ1) is 29.4. The molecule has 10 nitrogen and oxygen atoms in total. The zero-order valence-electron chi connectivity index (χ0n) is 22.9. The number of nitrogens with zero attached hydrogens (tertiary/aromatic N) is 6. The van der Waals surface area contributed by atoms with Crippen molar-refractivity contribution in [3.8, 4) is 0 Å². The normalized spacial score (nSPS) is 14.9. The minimum Gasteiger partial charge on any atom is -0.339 e. The van der Waals surface area contributed by atoms with Crippen molar-refractivity contribution in [1.82, 2.24) is 19.4 Å². The predicted octanol–water partition coefficient (Wildman–Crippen LogP) is 4.61. The van der Waals surface area contributed by atoms with Gasteiger partial charge in [0.05, 0.1) is 26.8 Å². The summed E-state index contributed by atoms with van der Waals surface area (Å²) in [6, 6.07) is 12.4. The van der Waals surface area contributed by atoms with E-state index in [1.807, 2.05) is 13.8 Å². The van der Waals surface area contributed by atoms with E-state index in [1.54, 1.807) is 66.7 Å². The Morgan fingerprint density at radius 3 is 2.50 bits per heavy atom. The van der Waals surface area contributed by atoms with E-state index in [0.717, 1.165) is 11.3 Å². The third kappa shape index (κ3) is 5.78. The molecule has 3 heterocycles. The lowest BCUT2D eigenvalue weighted by Gasteiger charge is -2.29. The largest absolute Gasteiger partial charge is 0.339 e. The second-order valence-electron chi connectivity index (χ2n) is 9.22. The van der Waals surface area contributed by atoms with Crippen LogP contribution < -0.4 is 14.9 Å². The van der Waals surface area contributed by atoms with Crippen molar-refractivity contribution in [1.29, 1.82) is 0 Å². The highest BCUT2D eigenvalue weighted by molar-refractivity contribution is 7.99. The number of non-ortho nitro benzene ring substituents is 1. The third-order valence-electron chi connectivity index (χ3n) is 6.72. The summed E-state index contributed by atoms with van der Waals surface area (Å²) in [6.45, 7) is 6.58. The molecule has 0 N–H and O–H groups in total. The van der Waals surface area contributed by atoms with Crippen molar-refractivity contribution in [2.45, 2.75) is 36.9 Å². The van der Waals surface area contributed by atoms with Crippen molar-refractivity contribution in [2.24, 2.45) is 4.99 Å². The monoisotopic (exact) mass is 620 g/mol. The number of carbonyl (C=O) groups excluding carboxylic acids is 1. The summed E-state index contributed by atoms with van der Waals surface area (Å²) in [5.74, 6) is -0.198. The molecule has 0 aliphatic carbocycles. The van der Waals surface area contributed by atoms with Crippen molar-refractivity contribution in [3.05, 3.63) is 118 Å². The molecule has 0 bridgehead atoms. The number of carbonyl (C=O) groups is 1. The van der Waals surface area contributed by atoms with Crippen LogP contribution in [0.5, 0.6) is 0 Å². The van der Waals surface area contributed by atoms with Crippen molar-refractivity contribution in [3.63, 3.8) is 0 Å². The number of halogens is 1. The van der Waals surface area contributed by atoms with Crippen LogP contribution in [0.1, 0.15) is 37.9 Å². The lowest BCUT2D eigenvalue weighted by Crippen LogP contribution is -2.43. The minimum atomic E-state index is -0.731. The van der Waals surface area contributed by atoms with Crippen LogP contribution in [0, 0.1) is 10.1 Å². The predicted molar refractivity (Wildman–Crippen MR) is 162 cm³/mol. The second-order valence-corrected chi connectivity index (χ2v) is 11.7. The van der Waals surface area contributed by atoms with Crippen LogP contribution >= 0.6 is 34.7 Å². The van der Waals surface area contributed by atoms with Crippen molar-refractivity contribution in [2.75, 3.05) is 13.1 Å². The van der Waals surface area contributed by atoms with Crippen LogP contribution in [-0.2, 0) is 4.79 Å². The van der Waals surface area contributed by atoms with E-state index in [1.165, 1.54) is 28.5 Å². The standard InChI is InChI=1S/C29H25ClN6O4S2/c1-4-34(5-2)27(38)24-17(3)33-29-35(25(24)18-7-9-20(30)10-8-18)26(37)23(42-29)16-19-15-21(36(39)40)11-12-22(19)41-28-31-13-6-14-32-28/h6-16,25H,4-5H2,1-3H3/b23-16-/t25-/m1/s1. The highest BCUT2D eigenvalue weighted by atomic mass is 35.5. The van der Waals surface area contributed by atoms with Gasteiger partial charge >= 0.3 is 0 Å². The van der Waals surface area contributed by atoms with Gasteiger partial charge in [0.15, 0.2) is 9.96 Å². The van der Waals surface area contributed by atoms with Crippen LogP contribution in [0.3, 0.4) is 0 Å². The van der Waals surface area contributed by atoms with Gasteiger partial charge in [-0.1, -0.05) is 35.1 Å². The summed E-state index contributed by atoms with van der Waals surface area (Å²) in [5.41, 5.74) is 1.62. The molecule has 1 aliphatic rings. The summed E-state index contributed by atoms with van der Waals surface area (Å²) in [6.07, 6.45) is 4.83. The molecule has 0 spiro atoms. The number of hydrogen-bond donors (Lipinski definition) is 0. The molecule has 1 aliphatic heterocycles.